The molecule has 0 saturated carbocycles. The van der Waals surface area contributed by atoms with Crippen molar-refractivity contribution in [1.82, 2.24) is 10.6 Å². The van der Waals surface area contributed by atoms with Gasteiger partial charge in [-0.1, -0.05) is 38.0 Å². The Bertz CT molecular complexity index is 379. The zero-order chi connectivity index (χ0) is 14.8. The quantitative estimate of drug-likeness (QED) is 0.301. The van der Waals surface area contributed by atoms with Gasteiger partial charge in [0.1, 0.15) is 5.75 Å². The van der Waals surface area contributed by atoms with E-state index in [-0.39, 0.29) is 11.9 Å². The molecule has 0 amide bonds. The largest absolute Gasteiger partial charge is 0.508 e. The standard InChI is InChI=1S/C16H26N2O2/c1-3-5-6-11-17-16(4-2)18-12-15(20)13-7-9-14(19)10-8-13/h4,7-10,15-20H,2-3,5-6,11-12H2,1H3. The number of hydrogen-bond acceptors (Lipinski definition) is 4. The van der Waals surface area contributed by atoms with Crippen molar-refractivity contribution in [3.8, 4) is 5.75 Å². The third-order valence-corrected chi connectivity index (χ3v) is 3.19. The normalized spacial score (nSPS) is 13.9. The number of benzene rings is 1. The molecule has 4 nitrogen and oxygen atoms in total. The van der Waals surface area contributed by atoms with Gasteiger partial charge in [0.05, 0.1) is 12.3 Å². The Morgan fingerprint density at radius 1 is 1.20 bits per heavy atom. The first kappa shape index (κ1) is 16.7. The molecule has 0 radical (unpaired) electrons. The summed E-state index contributed by atoms with van der Waals surface area (Å²) in [6.45, 7) is 7.33. The van der Waals surface area contributed by atoms with Crippen molar-refractivity contribution in [2.75, 3.05) is 13.1 Å². The number of aliphatic hydroxyl groups is 1. The van der Waals surface area contributed by atoms with Gasteiger partial charge >= 0.3 is 0 Å². The molecule has 20 heavy (non-hydrogen) atoms. The minimum atomic E-state index is -0.601. The van der Waals surface area contributed by atoms with Crippen LogP contribution in [0.3, 0.4) is 0 Å². The van der Waals surface area contributed by atoms with Crippen molar-refractivity contribution >= 4 is 0 Å². The molecular formula is C16H26N2O2. The van der Waals surface area contributed by atoms with Crippen LogP contribution < -0.4 is 10.6 Å². The molecule has 0 heterocycles. The molecule has 0 spiro atoms. The minimum absolute atomic E-state index is 0.00128. The SMILES string of the molecule is C=CC(NCCCCC)NCC(O)c1ccc(O)cc1. The van der Waals surface area contributed by atoms with Crippen LogP contribution in [0, 0.1) is 0 Å². The molecule has 112 valence electrons. The fraction of sp³-hybridized carbons (Fsp3) is 0.500. The maximum Gasteiger partial charge on any atom is 0.115 e. The van der Waals surface area contributed by atoms with Gasteiger partial charge in [0.2, 0.25) is 0 Å². The van der Waals surface area contributed by atoms with E-state index in [2.05, 4.69) is 24.1 Å². The lowest BCUT2D eigenvalue weighted by Crippen LogP contribution is -2.42. The second kappa shape index (κ2) is 9.53. The number of rotatable bonds is 10. The number of hydrogen-bond donors (Lipinski definition) is 4. The first-order chi connectivity index (χ1) is 9.67. The summed E-state index contributed by atoms with van der Waals surface area (Å²) in [5.74, 6) is 0.204. The van der Waals surface area contributed by atoms with E-state index < -0.39 is 6.10 Å². The van der Waals surface area contributed by atoms with Gasteiger partial charge in [-0.05, 0) is 30.7 Å². The van der Waals surface area contributed by atoms with Gasteiger partial charge in [-0.15, -0.1) is 6.58 Å². The van der Waals surface area contributed by atoms with Crippen LogP contribution in [0.1, 0.15) is 37.9 Å². The Morgan fingerprint density at radius 2 is 1.90 bits per heavy atom. The van der Waals surface area contributed by atoms with Crippen LogP contribution in [0.2, 0.25) is 0 Å². The summed E-state index contributed by atoms with van der Waals surface area (Å²) in [5, 5.41) is 25.8. The molecule has 1 aromatic carbocycles. The molecule has 0 aliphatic heterocycles. The van der Waals surface area contributed by atoms with Gasteiger partial charge in [-0.25, -0.2) is 0 Å². The molecule has 0 fully saturated rings. The Kier molecular flexibility index (Phi) is 7.95. The molecule has 0 aliphatic rings. The minimum Gasteiger partial charge on any atom is -0.508 e. The molecule has 0 saturated heterocycles. The van der Waals surface area contributed by atoms with E-state index in [1.807, 2.05) is 0 Å². The fourth-order valence-corrected chi connectivity index (χ4v) is 1.92. The lowest BCUT2D eigenvalue weighted by Gasteiger charge is -2.19. The predicted molar refractivity (Wildman–Crippen MR) is 82.6 cm³/mol. The van der Waals surface area contributed by atoms with Gasteiger partial charge in [0.15, 0.2) is 0 Å². The Morgan fingerprint density at radius 3 is 2.50 bits per heavy atom. The smallest absolute Gasteiger partial charge is 0.115 e. The molecule has 4 N–H and O–H groups in total. The summed E-state index contributed by atoms with van der Waals surface area (Å²) >= 11 is 0. The van der Waals surface area contributed by atoms with Crippen LogP contribution in [-0.2, 0) is 0 Å². The van der Waals surface area contributed by atoms with Crippen molar-refractivity contribution in [3.05, 3.63) is 42.5 Å². The highest BCUT2D eigenvalue weighted by atomic mass is 16.3. The van der Waals surface area contributed by atoms with E-state index in [4.69, 9.17) is 0 Å². The third-order valence-electron chi connectivity index (χ3n) is 3.19. The summed E-state index contributed by atoms with van der Waals surface area (Å²) in [7, 11) is 0. The Labute approximate surface area is 121 Å². The number of aliphatic hydroxyl groups excluding tert-OH is 1. The molecule has 0 aliphatic carbocycles. The summed E-state index contributed by atoms with van der Waals surface area (Å²) in [4.78, 5) is 0. The zero-order valence-electron chi connectivity index (χ0n) is 12.2. The second-order valence-corrected chi connectivity index (χ2v) is 4.89. The highest BCUT2D eigenvalue weighted by Gasteiger charge is 2.09. The first-order valence-corrected chi connectivity index (χ1v) is 7.23. The molecule has 1 rings (SSSR count). The summed E-state index contributed by atoms with van der Waals surface area (Å²) in [5.41, 5.74) is 0.782. The number of aromatic hydroxyl groups is 1. The van der Waals surface area contributed by atoms with E-state index in [0.717, 1.165) is 18.5 Å². The van der Waals surface area contributed by atoms with Crippen LogP contribution in [0.4, 0.5) is 0 Å². The van der Waals surface area contributed by atoms with E-state index in [1.54, 1.807) is 30.3 Å². The third kappa shape index (κ3) is 6.19. The Balaban J connectivity index is 2.32. The van der Waals surface area contributed by atoms with Gasteiger partial charge in [0, 0.05) is 6.54 Å². The first-order valence-electron chi connectivity index (χ1n) is 7.23. The van der Waals surface area contributed by atoms with Gasteiger partial charge < -0.3 is 10.2 Å². The lowest BCUT2D eigenvalue weighted by atomic mass is 10.1. The van der Waals surface area contributed by atoms with Crippen molar-refractivity contribution in [2.24, 2.45) is 0 Å². The van der Waals surface area contributed by atoms with Crippen LogP contribution in [0.25, 0.3) is 0 Å². The highest BCUT2D eigenvalue weighted by molar-refractivity contribution is 5.27. The molecule has 0 bridgehead atoms. The van der Waals surface area contributed by atoms with Crippen molar-refractivity contribution in [2.45, 2.75) is 38.5 Å². The summed E-state index contributed by atoms with van der Waals surface area (Å²) in [6, 6.07) is 6.59. The number of unbranched alkanes of at least 4 members (excludes halogenated alkanes) is 2. The topological polar surface area (TPSA) is 64.5 Å². The number of phenols is 1. The molecule has 2 unspecified atom stereocenters. The van der Waals surface area contributed by atoms with Crippen LogP contribution in [0.15, 0.2) is 36.9 Å². The van der Waals surface area contributed by atoms with Crippen LogP contribution in [0.5, 0.6) is 5.75 Å². The molecule has 1 aromatic rings. The van der Waals surface area contributed by atoms with Crippen LogP contribution >= 0.6 is 0 Å². The van der Waals surface area contributed by atoms with Crippen molar-refractivity contribution in [3.63, 3.8) is 0 Å². The zero-order valence-corrected chi connectivity index (χ0v) is 12.2. The van der Waals surface area contributed by atoms with Gasteiger partial charge in [-0.2, -0.15) is 0 Å². The second-order valence-electron chi connectivity index (χ2n) is 4.89. The average Bonchev–Trinajstić information content (AvgIpc) is 2.47. The van der Waals surface area contributed by atoms with E-state index in [1.165, 1.54) is 12.8 Å². The summed E-state index contributed by atoms with van der Waals surface area (Å²) < 4.78 is 0. The molecule has 2 atom stereocenters. The fourth-order valence-electron chi connectivity index (χ4n) is 1.92. The Hall–Kier alpha value is -1.36. The maximum atomic E-state index is 10.1. The monoisotopic (exact) mass is 278 g/mol. The molecule has 0 aromatic heterocycles. The summed E-state index contributed by atoms with van der Waals surface area (Å²) in [6.07, 6.45) is 4.76. The van der Waals surface area contributed by atoms with E-state index in [9.17, 15) is 10.2 Å². The predicted octanol–water partition coefficient (Wildman–Crippen LogP) is 2.31. The molecular weight excluding hydrogens is 252 g/mol. The van der Waals surface area contributed by atoms with Gasteiger partial charge in [0.25, 0.3) is 0 Å². The van der Waals surface area contributed by atoms with Gasteiger partial charge in [-0.3, -0.25) is 10.6 Å². The van der Waals surface area contributed by atoms with Crippen LogP contribution in [-0.4, -0.2) is 29.5 Å². The van der Waals surface area contributed by atoms with E-state index >= 15 is 0 Å². The number of nitrogens with one attached hydrogen (secondary N) is 2. The molecule has 4 heteroatoms. The maximum absolute atomic E-state index is 10.1. The van der Waals surface area contributed by atoms with Crippen molar-refractivity contribution in [1.29, 1.82) is 0 Å². The van der Waals surface area contributed by atoms with E-state index in [0.29, 0.717) is 6.54 Å². The lowest BCUT2D eigenvalue weighted by molar-refractivity contribution is 0.170. The number of phenolic OH excluding ortho intramolecular Hbond substituents is 1. The highest BCUT2D eigenvalue weighted by Crippen LogP contribution is 2.16. The van der Waals surface area contributed by atoms with Crippen molar-refractivity contribution < 1.29 is 10.2 Å². The average molecular weight is 278 g/mol.